The number of hydrogen-bond donors (Lipinski definition) is 6. The minimum absolute atomic E-state index is 0.0610. The molecule has 0 aliphatic carbocycles. The molecule has 0 bridgehead atoms. The predicted molar refractivity (Wildman–Crippen MR) is 117 cm³/mol. The number of carboxylic acid groups (broad SMARTS) is 1. The highest BCUT2D eigenvalue weighted by Gasteiger charge is 2.38. The lowest BCUT2D eigenvalue weighted by atomic mass is 10.0. The van der Waals surface area contributed by atoms with Crippen molar-refractivity contribution in [2.45, 2.75) is 63.1 Å². The Balaban J connectivity index is 3.09. The Hall–Kier alpha value is -2.53. The van der Waals surface area contributed by atoms with E-state index in [1.165, 1.54) is 12.1 Å². The number of rotatable bonds is 14. The molecule has 2 amide bonds. The first kappa shape index (κ1) is 26.5. The summed E-state index contributed by atoms with van der Waals surface area (Å²) in [6.45, 7) is 0.811. The molecule has 0 saturated carbocycles. The van der Waals surface area contributed by atoms with E-state index in [0.717, 1.165) is 4.90 Å². The van der Waals surface area contributed by atoms with Crippen molar-refractivity contribution >= 4 is 17.8 Å². The molecule has 3 atom stereocenters. The first-order chi connectivity index (χ1) is 14.7. The number of nitrogens with two attached hydrogens (primary N) is 4. The van der Waals surface area contributed by atoms with Gasteiger partial charge in [0, 0.05) is 0 Å². The molecule has 3 unspecified atom stereocenters. The normalized spacial score (nSPS) is 13.9. The van der Waals surface area contributed by atoms with E-state index in [1.54, 1.807) is 12.1 Å². The van der Waals surface area contributed by atoms with Crippen LogP contribution in [0.3, 0.4) is 0 Å². The SMILES string of the molecule is NCCCCC(N)C(=O)N(C(=O)C(N)Cc1ccc(O)cc1)C(CCCCN)C(=O)O. The number of phenolic OH excluding ortho intramolecular Hbond substituents is 1. The van der Waals surface area contributed by atoms with Crippen LogP contribution in [-0.4, -0.2) is 64.1 Å². The number of aromatic hydroxyl groups is 1. The van der Waals surface area contributed by atoms with Crippen LogP contribution >= 0.6 is 0 Å². The Labute approximate surface area is 182 Å². The molecule has 10 N–H and O–H groups in total. The molecule has 1 aromatic rings. The van der Waals surface area contributed by atoms with Gasteiger partial charge in [-0.3, -0.25) is 14.5 Å². The smallest absolute Gasteiger partial charge is 0.326 e. The van der Waals surface area contributed by atoms with Crippen LogP contribution in [0, 0.1) is 0 Å². The molecule has 0 aliphatic rings. The Morgan fingerprint density at radius 1 is 0.839 bits per heavy atom. The maximum Gasteiger partial charge on any atom is 0.326 e. The molecule has 10 heteroatoms. The molecule has 0 saturated heterocycles. The van der Waals surface area contributed by atoms with Crippen LogP contribution < -0.4 is 22.9 Å². The summed E-state index contributed by atoms with van der Waals surface area (Å²) >= 11 is 0. The molecule has 1 aromatic carbocycles. The quantitative estimate of drug-likeness (QED) is 0.211. The van der Waals surface area contributed by atoms with Gasteiger partial charge in [0.05, 0.1) is 12.1 Å². The summed E-state index contributed by atoms with van der Waals surface area (Å²) in [6.07, 6.45) is 2.64. The number of hydrogen-bond acceptors (Lipinski definition) is 8. The molecular formula is C21H35N5O5. The van der Waals surface area contributed by atoms with Crippen LogP contribution in [0.15, 0.2) is 24.3 Å². The van der Waals surface area contributed by atoms with Crippen LogP contribution in [0.5, 0.6) is 5.75 Å². The fraction of sp³-hybridized carbons (Fsp3) is 0.571. The lowest BCUT2D eigenvalue weighted by molar-refractivity contribution is -0.159. The second-order valence-electron chi connectivity index (χ2n) is 7.55. The van der Waals surface area contributed by atoms with Crippen molar-refractivity contribution in [2.75, 3.05) is 13.1 Å². The van der Waals surface area contributed by atoms with Crippen LogP contribution in [0.1, 0.15) is 44.1 Å². The fourth-order valence-electron chi connectivity index (χ4n) is 3.22. The summed E-state index contributed by atoms with van der Waals surface area (Å²) in [6, 6.07) is 2.55. The summed E-state index contributed by atoms with van der Waals surface area (Å²) in [5.41, 5.74) is 23.7. The number of carbonyl (C=O) groups excluding carboxylic acids is 2. The molecule has 31 heavy (non-hydrogen) atoms. The van der Waals surface area contributed by atoms with Gasteiger partial charge in [0.1, 0.15) is 11.8 Å². The van der Waals surface area contributed by atoms with Gasteiger partial charge in [-0.25, -0.2) is 4.79 Å². The number of unbranched alkanes of at least 4 members (excludes halogenated alkanes) is 2. The molecule has 0 aliphatic heterocycles. The number of aliphatic carboxylic acids is 1. The van der Waals surface area contributed by atoms with E-state index in [4.69, 9.17) is 22.9 Å². The molecule has 0 spiro atoms. The zero-order valence-electron chi connectivity index (χ0n) is 17.8. The maximum atomic E-state index is 13.1. The Morgan fingerprint density at radius 2 is 1.35 bits per heavy atom. The van der Waals surface area contributed by atoms with Gasteiger partial charge >= 0.3 is 5.97 Å². The minimum atomic E-state index is -1.38. The van der Waals surface area contributed by atoms with Crippen molar-refractivity contribution in [3.63, 3.8) is 0 Å². The average Bonchev–Trinajstić information content (AvgIpc) is 2.74. The first-order valence-corrected chi connectivity index (χ1v) is 10.5. The molecule has 0 aromatic heterocycles. The molecule has 0 fully saturated rings. The summed E-state index contributed by atoms with van der Waals surface area (Å²) in [5, 5.41) is 19.1. The highest BCUT2D eigenvalue weighted by atomic mass is 16.4. The summed E-state index contributed by atoms with van der Waals surface area (Å²) < 4.78 is 0. The van der Waals surface area contributed by atoms with E-state index in [0.29, 0.717) is 44.3 Å². The number of carbonyl (C=O) groups is 3. The fourth-order valence-corrected chi connectivity index (χ4v) is 3.22. The number of amides is 2. The Bertz CT molecular complexity index is 713. The number of carboxylic acids is 1. The monoisotopic (exact) mass is 437 g/mol. The molecule has 0 heterocycles. The third-order valence-corrected chi connectivity index (χ3v) is 5.00. The Morgan fingerprint density at radius 3 is 1.87 bits per heavy atom. The van der Waals surface area contributed by atoms with Crippen LogP contribution in [-0.2, 0) is 20.8 Å². The minimum Gasteiger partial charge on any atom is -0.508 e. The van der Waals surface area contributed by atoms with E-state index in [-0.39, 0.29) is 25.0 Å². The highest BCUT2D eigenvalue weighted by Crippen LogP contribution is 2.17. The largest absolute Gasteiger partial charge is 0.508 e. The van der Waals surface area contributed by atoms with Crippen molar-refractivity contribution in [1.82, 2.24) is 4.90 Å². The summed E-state index contributed by atoms with van der Waals surface area (Å²) in [4.78, 5) is 38.8. The highest BCUT2D eigenvalue weighted by molar-refractivity contribution is 6.03. The molecular weight excluding hydrogens is 402 g/mol. The number of nitrogens with zero attached hydrogens (tertiary/aromatic N) is 1. The van der Waals surface area contributed by atoms with Crippen molar-refractivity contribution in [3.8, 4) is 5.75 Å². The second-order valence-corrected chi connectivity index (χ2v) is 7.55. The zero-order valence-corrected chi connectivity index (χ0v) is 17.8. The summed E-state index contributed by atoms with van der Waals surface area (Å²) in [5.74, 6) is -2.80. The number of phenols is 1. The maximum absolute atomic E-state index is 13.1. The van der Waals surface area contributed by atoms with E-state index in [1.807, 2.05) is 0 Å². The van der Waals surface area contributed by atoms with Gasteiger partial charge in [-0.05, 0) is 69.3 Å². The zero-order chi connectivity index (χ0) is 23.4. The van der Waals surface area contributed by atoms with Crippen LogP contribution in [0.4, 0.5) is 0 Å². The van der Waals surface area contributed by atoms with Crippen molar-refractivity contribution in [3.05, 3.63) is 29.8 Å². The van der Waals surface area contributed by atoms with E-state index in [2.05, 4.69) is 0 Å². The Kier molecular flexibility index (Phi) is 11.7. The number of imide groups is 1. The predicted octanol–water partition coefficient (Wildman–Crippen LogP) is -0.344. The van der Waals surface area contributed by atoms with Gasteiger partial charge in [-0.15, -0.1) is 0 Å². The lowest BCUT2D eigenvalue weighted by Gasteiger charge is -2.31. The van der Waals surface area contributed by atoms with E-state index >= 15 is 0 Å². The van der Waals surface area contributed by atoms with Crippen molar-refractivity contribution in [2.24, 2.45) is 22.9 Å². The topological polar surface area (TPSA) is 199 Å². The average molecular weight is 438 g/mol. The number of benzene rings is 1. The molecule has 0 radical (unpaired) electrons. The van der Waals surface area contributed by atoms with E-state index < -0.39 is 35.9 Å². The molecule has 10 nitrogen and oxygen atoms in total. The third kappa shape index (κ3) is 8.62. The molecule has 1 rings (SSSR count). The van der Waals surface area contributed by atoms with Crippen molar-refractivity contribution in [1.29, 1.82) is 0 Å². The van der Waals surface area contributed by atoms with Crippen LogP contribution in [0.2, 0.25) is 0 Å². The summed E-state index contributed by atoms with van der Waals surface area (Å²) in [7, 11) is 0. The van der Waals surface area contributed by atoms with Gasteiger partial charge in [-0.1, -0.05) is 18.6 Å². The first-order valence-electron chi connectivity index (χ1n) is 10.5. The lowest BCUT2D eigenvalue weighted by Crippen LogP contribution is -2.58. The second kappa shape index (κ2) is 13.7. The van der Waals surface area contributed by atoms with Gasteiger partial charge in [-0.2, -0.15) is 0 Å². The van der Waals surface area contributed by atoms with Gasteiger partial charge in [0.25, 0.3) is 0 Å². The van der Waals surface area contributed by atoms with E-state index in [9.17, 15) is 24.6 Å². The van der Waals surface area contributed by atoms with Gasteiger partial charge in [0.15, 0.2) is 0 Å². The van der Waals surface area contributed by atoms with Gasteiger partial charge < -0.3 is 33.1 Å². The molecule has 174 valence electrons. The van der Waals surface area contributed by atoms with Gasteiger partial charge in [0.2, 0.25) is 11.8 Å². The van der Waals surface area contributed by atoms with Crippen LogP contribution in [0.25, 0.3) is 0 Å². The third-order valence-electron chi connectivity index (χ3n) is 5.00. The standard InChI is InChI=1S/C21H35N5O5/c22-11-3-1-5-16(24)19(28)26(18(21(30)31)6-2-4-12-23)20(29)17(25)13-14-7-9-15(27)10-8-14/h7-10,16-18,27H,1-6,11-13,22-25H2,(H,30,31). The van der Waals surface area contributed by atoms with Crippen molar-refractivity contribution < 1.29 is 24.6 Å².